The van der Waals surface area contributed by atoms with Crippen LogP contribution < -0.4 is 5.32 Å². The summed E-state index contributed by atoms with van der Waals surface area (Å²) in [5, 5.41) is 20.5. The second kappa shape index (κ2) is 6.91. The van der Waals surface area contributed by atoms with Gasteiger partial charge in [-0.1, -0.05) is 24.3 Å². The van der Waals surface area contributed by atoms with Crippen molar-refractivity contribution >= 4 is 12.0 Å². The molecular weight excluding hydrogens is 260 g/mol. The summed E-state index contributed by atoms with van der Waals surface area (Å²) in [4.78, 5) is 24.2. The maximum atomic E-state index is 11.9. The van der Waals surface area contributed by atoms with Gasteiger partial charge in [0.25, 0.3) is 0 Å². The number of urea groups is 1. The molecule has 0 bridgehead atoms. The zero-order valence-corrected chi connectivity index (χ0v) is 11.8. The van der Waals surface area contributed by atoms with Gasteiger partial charge in [0.2, 0.25) is 0 Å². The summed E-state index contributed by atoms with van der Waals surface area (Å²) in [6, 6.07) is 5.78. The van der Waals surface area contributed by atoms with Gasteiger partial charge in [-0.3, -0.25) is 0 Å². The number of aliphatic carboxylic acids is 1. The van der Waals surface area contributed by atoms with E-state index in [0.717, 1.165) is 11.1 Å². The molecule has 2 amide bonds. The van der Waals surface area contributed by atoms with E-state index in [4.69, 9.17) is 5.11 Å². The van der Waals surface area contributed by atoms with E-state index >= 15 is 0 Å². The van der Waals surface area contributed by atoms with Crippen LogP contribution in [-0.2, 0) is 11.3 Å². The first-order valence-corrected chi connectivity index (χ1v) is 6.30. The van der Waals surface area contributed by atoms with Gasteiger partial charge in [0, 0.05) is 13.6 Å². The minimum absolute atomic E-state index is 0.366. The molecule has 0 aliphatic carbocycles. The molecule has 0 spiro atoms. The third-order valence-corrected chi connectivity index (χ3v) is 3.04. The van der Waals surface area contributed by atoms with Gasteiger partial charge in [-0.15, -0.1) is 0 Å². The summed E-state index contributed by atoms with van der Waals surface area (Å²) in [5.74, 6) is -1.27. The van der Waals surface area contributed by atoms with E-state index in [0.29, 0.717) is 6.54 Å². The Morgan fingerprint density at radius 1 is 1.35 bits per heavy atom. The Morgan fingerprint density at radius 2 is 1.95 bits per heavy atom. The highest BCUT2D eigenvalue weighted by Crippen LogP contribution is 2.09. The molecule has 0 aliphatic heterocycles. The first-order valence-electron chi connectivity index (χ1n) is 6.30. The average Bonchev–Trinajstić information content (AvgIpc) is 2.37. The lowest BCUT2D eigenvalue weighted by Crippen LogP contribution is -2.51. The summed E-state index contributed by atoms with van der Waals surface area (Å²) in [5.41, 5.74) is 2.03. The van der Waals surface area contributed by atoms with Crippen LogP contribution in [0.15, 0.2) is 24.3 Å². The van der Waals surface area contributed by atoms with Gasteiger partial charge in [-0.05, 0) is 25.0 Å². The number of amides is 2. The number of benzene rings is 1. The Balaban J connectivity index is 2.68. The van der Waals surface area contributed by atoms with Crippen LogP contribution in [0.25, 0.3) is 0 Å². The fourth-order valence-corrected chi connectivity index (χ4v) is 1.75. The van der Waals surface area contributed by atoms with Crippen molar-refractivity contribution in [1.29, 1.82) is 0 Å². The number of carboxylic acids is 1. The van der Waals surface area contributed by atoms with Gasteiger partial charge in [-0.2, -0.15) is 0 Å². The molecule has 0 saturated carbocycles. The number of rotatable bonds is 5. The summed E-state index contributed by atoms with van der Waals surface area (Å²) in [6.45, 7) is 3.63. The van der Waals surface area contributed by atoms with Crippen LogP contribution in [0.5, 0.6) is 0 Å². The molecule has 110 valence electrons. The molecule has 0 unspecified atom stereocenters. The Kier molecular flexibility index (Phi) is 5.52. The standard InChI is InChI=1S/C14H20N2O4/c1-9-6-4-5-7-11(9)8-16(3)14(20)15-12(10(2)17)13(18)19/h4-7,10,12,17H,8H2,1-3H3,(H,15,20)(H,18,19)/t10-,12+/m1/s1. The monoisotopic (exact) mass is 280 g/mol. The van der Waals surface area contributed by atoms with E-state index in [2.05, 4.69) is 5.32 Å². The van der Waals surface area contributed by atoms with E-state index in [9.17, 15) is 14.7 Å². The van der Waals surface area contributed by atoms with Gasteiger partial charge >= 0.3 is 12.0 Å². The molecule has 0 aliphatic rings. The summed E-state index contributed by atoms with van der Waals surface area (Å²) in [6.07, 6.45) is -1.16. The van der Waals surface area contributed by atoms with Crippen LogP contribution in [0.2, 0.25) is 0 Å². The molecule has 0 aromatic heterocycles. The van der Waals surface area contributed by atoms with Crippen molar-refractivity contribution < 1.29 is 19.8 Å². The van der Waals surface area contributed by atoms with E-state index < -0.39 is 24.1 Å². The van der Waals surface area contributed by atoms with Gasteiger partial charge in [-0.25, -0.2) is 9.59 Å². The maximum absolute atomic E-state index is 11.9. The number of hydrogen-bond acceptors (Lipinski definition) is 3. The van der Waals surface area contributed by atoms with Crippen molar-refractivity contribution in [2.75, 3.05) is 7.05 Å². The van der Waals surface area contributed by atoms with Crippen LogP contribution in [0.3, 0.4) is 0 Å². The topological polar surface area (TPSA) is 89.9 Å². The molecule has 20 heavy (non-hydrogen) atoms. The molecule has 0 radical (unpaired) electrons. The Hall–Kier alpha value is -2.08. The molecule has 0 saturated heterocycles. The van der Waals surface area contributed by atoms with Crippen LogP contribution in [-0.4, -0.2) is 46.3 Å². The summed E-state index contributed by atoms with van der Waals surface area (Å²) in [7, 11) is 1.57. The van der Waals surface area contributed by atoms with E-state index in [1.165, 1.54) is 11.8 Å². The predicted octanol–water partition coefficient (Wildman–Crippen LogP) is 0.970. The Bertz CT molecular complexity index is 488. The first kappa shape index (κ1) is 16.0. The van der Waals surface area contributed by atoms with Crippen molar-refractivity contribution in [3.05, 3.63) is 35.4 Å². The number of carbonyl (C=O) groups is 2. The quantitative estimate of drug-likeness (QED) is 0.749. The predicted molar refractivity (Wildman–Crippen MR) is 74.3 cm³/mol. The third kappa shape index (κ3) is 4.24. The molecule has 3 N–H and O–H groups in total. The van der Waals surface area contributed by atoms with Crippen molar-refractivity contribution in [3.63, 3.8) is 0 Å². The average molecular weight is 280 g/mol. The number of carboxylic acid groups (broad SMARTS) is 1. The number of aliphatic hydroxyl groups excluding tert-OH is 1. The Morgan fingerprint density at radius 3 is 2.45 bits per heavy atom. The van der Waals surface area contributed by atoms with Gasteiger partial charge in [0.05, 0.1) is 6.10 Å². The first-order chi connectivity index (χ1) is 9.32. The maximum Gasteiger partial charge on any atom is 0.328 e. The van der Waals surface area contributed by atoms with Crippen molar-refractivity contribution in [3.8, 4) is 0 Å². The minimum Gasteiger partial charge on any atom is -0.480 e. The number of nitrogens with one attached hydrogen (secondary N) is 1. The number of aliphatic hydroxyl groups is 1. The van der Waals surface area contributed by atoms with Crippen molar-refractivity contribution in [2.45, 2.75) is 32.5 Å². The molecule has 0 fully saturated rings. The molecular formula is C14H20N2O4. The van der Waals surface area contributed by atoms with Crippen LogP contribution >= 0.6 is 0 Å². The lowest BCUT2D eigenvalue weighted by atomic mass is 10.1. The van der Waals surface area contributed by atoms with E-state index in [-0.39, 0.29) is 0 Å². The molecule has 1 rings (SSSR count). The Labute approximate surface area is 118 Å². The SMILES string of the molecule is Cc1ccccc1CN(C)C(=O)N[C@H](C(=O)O)[C@@H](C)O. The van der Waals surface area contributed by atoms with Gasteiger partial charge in [0.15, 0.2) is 6.04 Å². The molecule has 1 aromatic rings. The third-order valence-electron chi connectivity index (χ3n) is 3.04. The summed E-state index contributed by atoms with van der Waals surface area (Å²) < 4.78 is 0. The second-order valence-corrected chi connectivity index (χ2v) is 4.79. The molecule has 6 nitrogen and oxygen atoms in total. The number of nitrogens with zero attached hydrogens (tertiary/aromatic N) is 1. The lowest BCUT2D eigenvalue weighted by molar-refractivity contribution is -0.141. The smallest absolute Gasteiger partial charge is 0.328 e. The number of hydrogen-bond donors (Lipinski definition) is 3. The van der Waals surface area contributed by atoms with Gasteiger partial charge in [0.1, 0.15) is 0 Å². The number of carbonyl (C=O) groups excluding carboxylic acids is 1. The molecule has 2 atom stereocenters. The zero-order chi connectivity index (χ0) is 15.3. The van der Waals surface area contributed by atoms with Crippen LogP contribution in [0, 0.1) is 6.92 Å². The van der Waals surface area contributed by atoms with E-state index in [1.807, 2.05) is 31.2 Å². The van der Waals surface area contributed by atoms with Crippen molar-refractivity contribution in [2.24, 2.45) is 0 Å². The largest absolute Gasteiger partial charge is 0.480 e. The molecule has 0 heterocycles. The highest BCUT2D eigenvalue weighted by molar-refractivity contribution is 5.82. The minimum atomic E-state index is -1.32. The van der Waals surface area contributed by atoms with E-state index in [1.54, 1.807) is 7.05 Å². The normalized spacial score (nSPS) is 13.4. The molecule has 1 aromatic carbocycles. The molecule has 6 heteroatoms. The van der Waals surface area contributed by atoms with Gasteiger partial charge < -0.3 is 20.4 Å². The second-order valence-electron chi connectivity index (χ2n) is 4.79. The summed E-state index contributed by atoms with van der Waals surface area (Å²) >= 11 is 0. The van der Waals surface area contributed by atoms with Crippen LogP contribution in [0.4, 0.5) is 4.79 Å². The highest BCUT2D eigenvalue weighted by atomic mass is 16.4. The lowest BCUT2D eigenvalue weighted by Gasteiger charge is -2.23. The fraction of sp³-hybridized carbons (Fsp3) is 0.429. The highest BCUT2D eigenvalue weighted by Gasteiger charge is 2.26. The van der Waals surface area contributed by atoms with Crippen molar-refractivity contribution in [1.82, 2.24) is 10.2 Å². The number of aryl methyl sites for hydroxylation is 1. The zero-order valence-electron chi connectivity index (χ0n) is 11.8. The van der Waals surface area contributed by atoms with Crippen LogP contribution in [0.1, 0.15) is 18.1 Å². The fourth-order valence-electron chi connectivity index (χ4n) is 1.75.